The van der Waals surface area contributed by atoms with E-state index in [4.69, 9.17) is 11.6 Å². The fourth-order valence-corrected chi connectivity index (χ4v) is 2.77. The number of nitro groups is 1. The van der Waals surface area contributed by atoms with E-state index in [1.165, 1.54) is 17.0 Å². The average molecular weight is 546 g/mol. The summed E-state index contributed by atoms with van der Waals surface area (Å²) in [5.41, 5.74) is 1.73. The molecule has 0 spiro atoms. The number of non-ortho nitro benzene ring substituents is 1. The van der Waals surface area contributed by atoms with Gasteiger partial charge in [-0.3, -0.25) is 14.9 Å². The number of carbonyl (C=O) groups is 1. The monoisotopic (exact) mass is 545 g/mol. The fraction of sp³-hybridized carbons (Fsp3) is 0.300. The summed E-state index contributed by atoms with van der Waals surface area (Å²) >= 11 is 6.27. The number of hydrogen-bond acceptors (Lipinski definition) is 4. The second-order valence-electron chi connectivity index (χ2n) is 6.62. The van der Waals surface area contributed by atoms with Gasteiger partial charge in [-0.05, 0) is 24.1 Å². The second-order valence-corrected chi connectivity index (χ2v) is 7.02. The van der Waals surface area contributed by atoms with Crippen LogP contribution in [0.5, 0.6) is 0 Å². The normalized spacial score (nSPS) is 11.8. The molecule has 0 aliphatic heterocycles. The molecule has 2 rings (SSSR count). The van der Waals surface area contributed by atoms with Gasteiger partial charge in [0.2, 0.25) is 5.91 Å². The number of hydrogen-bond donors (Lipinski definition) is 2. The highest BCUT2D eigenvalue weighted by Gasteiger charge is 2.13. The largest absolute Gasteiger partial charge is 0.350 e. The molecule has 10 heteroatoms. The third-order valence-corrected chi connectivity index (χ3v) is 4.54. The summed E-state index contributed by atoms with van der Waals surface area (Å²) < 4.78 is 0. The third-order valence-electron chi connectivity index (χ3n) is 4.20. The van der Waals surface area contributed by atoms with Gasteiger partial charge in [-0.25, -0.2) is 4.99 Å². The predicted octanol–water partition coefficient (Wildman–Crippen LogP) is 3.75. The molecule has 0 bridgehead atoms. The van der Waals surface area contributed by atoms with Crippen LogP contribution in [0.4, 0.5) is 5.69 Å². The summed E-state index contributed by atoms with van der Waals surface area (Å²) in [5, 5.41) is 17.7. The van der Waals surface area contributed by atoms with E-state index in [9.17, 15) is 14.9 Å². The van der Waals surface area contributed by atoms with Gasteiger partial charge < -0.3 is 15.5 Å². The zero-order valence-corrected chi connectivity index (χ0v) is 20.0. The van der Waals surface area contributed by atoms with Gasteiger partial charge in [0.05, 0.1) is 24.1 Å². The molecule has 8 nitrogen and oxygen atoms in total. The van der Waals surface area contributed by atoms with Crippen LogP contribution in [0.15, 0.2) is 53.5 Å². The first kappa shape index (κ1) is 25.6. The SMILES string of the molecule is CC(NC(=NCc1ccc([N+](=O)[O-])cc1)NCC(=O)N(C)C)c1ccccc1Cl.I. The van der Waals surface area contributed by atoms with Crippen LogP contribution < -0.4 is 10.6 Å². The number of amides is 1. The number of rotatable bonds is 7. The Labute approximate surface area is 197 Å². The molecule has 30 heavy (non-hydrogen) atoms. The van der Waals surface area contributed by atoms with Gasteiger partial charge in [-0.1, -0.05) is 41.9 Å². The smallest absolute Gasteiger partial charge is 0.269 e. The quantitative estimate of drug-likeness (QED) is 0.182. The number of benzene rings is 2. The van der Waals surface area contributed by atoms with Crippen molar-refractivity contribution in [2.24, 2.45) is 4.99 Å². The van der Waals surface area contributed by atoms with Crippen molar-refractivity contribution in [2.75, 3.05) is 20.6 Å². The van der Waals surface area contributed by atoms with Crippen LogP contribution >= 0.6 is 35.6 Å². The Hall–Kier alpha value is -2.40. The van der Waals surface area contributed by atoms with Crippen LogP contribution in [0, 0.1) is 10.1 Å². The van der Waals surface area contributed by atoms with Crippen molar-refractivity contribution in [3.63, 3.8) is 0 Å². The molecule has 0 aliphatic carbocycles. The van der Waals surface area contributed by atoms with Crippen molar-refractivity contribution >= 4 is 53.1 Å². The van der Waals surface area contributed by atoms with Crippen molar-refractivity contribution in [1.29, 1.82) is 0 Å². The number of nitrogens with zero attached hydrogens (tertiary/aromatic N) is 3. The van der Waals surface area contributed by atoms with Gasteiger partial charge >= 0.3 is 0 Å². The maximum absolute atomic E-state index is 11.9. The molecule has 2 aromatic rings. The van der Waals surface area contributed by atoms with Gasteiger partial charge in [-0.15, -0.1) is 24.0 Å². The number of halogens is 2. The Morgan fingerprint density at radius 2 is 1.83 bits per heavy atom. The molecule has 0 radical (unpaired) electrons. The molecular formula is C20H25ClIN5O3. The molecule has 162 valence electrons. The van der Waals surface area contributed by atoms with E-state index in [1.807, 2.05) is 31.2 Å². The summed E-state index contributed by atoms with van der Waals surface area (Å²) in [7, 11) is 3.36. The van der Waals surface area contributed by atoms with E-state index in [2.05, 4.69) is 15.6 Å². The maximum atomic E-state index is 11.9. The first-order chi connectivity index (χ1) is 13.8. The number of nitro benzene ring substituents is 1. The molecule has 1 unspecified atom stereocenters. The number of guanidine groups is 1. The van der Waals surface area contributed by atoms with Crippen molar-refractivity contribution in [3.8, 4) is 0 Å². The highest BCUT2D eigenvalue weighted by Crippen LogP contribution is 2.22. The number of nitrogens with one attached hydrogen (secondary N) is 2. The van der Waals surface area contributed by atoms with E-state index >= 15 is 0 Å². The number of aliphatic imine (C=N–C) groups is 1. The van der Waals surface area contributed by atoms with Gasteiger partial charge in [-0.2, -0.15) is 0 Å². The van der Waals surface area contributed by atoms with E-state index in [1.54, 1.807) is 26.2 Å². The predicted molar refractivity (Wildman–Crippen MR) is 129 cm³/mol. The fourth-order valence-electron chi connectivity index (χ4n) is 2.47. The van der Waals surface area contributed by atoms with Crippen LogP contribution in [0.2, 0.25) is 5.02 Å². The molecule has 1 amide bonds. The summed E-state index contributed by atoms with van der Waals surface area (Å²) in [4.78, 5) is 28.3. The molecule has 0 saturated carbocycles. The highest BCUT2D eigenvalue weighted by molar-refractivity contribution is 14.0. The molecular weight excluding hydrogens is 521 g/mol. The Balaban J connectivity index is 0.00000450. The molecule has 2 aromatic carbocycles. The molecule has 1 atom stereocenters. The molecule has 0 heterocycles. The lowest BCUT2D eigenvalue weighted by Gasteiger charge is -2.20. The van der Waals surface area contributed by atoms with E-state index < -0.39 is 4.92 Å². The minimum absolute atomic E-state index is 0. The van der Waals surface area contributed by atoms with Crippen molar-refractivity contribution in [1.82, 2.24) is 15.5 Å². The molecule has 2 N–H and O–H groups in total. The van der Waals surface area contributed by atoms with Crippen LogP contribution in [0.3, 0.4) is 0 Å². The summed E-state index contributed by atoms with van der Waals surface area (Å²) in [5.74, 6) is 0.339. The zero-order chi connectivity index (χ0) is 21.4. The van der Waals surface area contributed by atoms with Gasteiger partial charge in [0, 0.05) is 31.3 Å². The maximum Gasteiger partial charge on any atom is 0.269 e. The minimum Gasteiger partial charge on any atom is -0.350 e. The van der Waals surface area contributed by atoms with Crippen molar-refractivity contribution < 1.29 is 9.72 Å². The van der Waals surface area contributed by atoms with E-state index in [0.717, 1.165) is 11.1 Å². The summed E-state index contributed by atoms with van der Waals surface area (Å²) in [6.45, 7) is 2.31. The standard InChI is InChI=1S/C20H24ClN5O3.HI/c1-14(17-6-4-5-7-18(17)21)24-20(23-13-19(27)25(2)3)22-12-15-8-10-16(11-9-15)26(28)29;/h4-11,14H,12-13H2,1-3H3,(H2,22,23,24);1H. The van der Waals surface area contributed by atoms with Crippen molar-refractivity contribution in [2.45, 2.75) is 19.5 Å². The summed E-state index contributed by atoms with van der Waals surface area (Å²) in [6.07, 6.45) is 0. The average Bonchev–Trinajstić information content (AvgIpc) is 2.70. The highest BCUT2D eigenvalue weighted by atomic mass is 127. The Kier molecular flexibility index (Phi) is 10.5. The van der Waals surface area contributed by atoms with E-state index in [-0.39, 0.29) is 48.2 Å². The Morgan fingerprint density at radius 3 is 2.40 bits per heavy atom. The van der Waals surface area contributed by atoms with Gasteiger partial charge in [0.15, 0.2) is 5.96 Å². The molecule has 0 aliphatic rings. The van der Waals surface area contributed by atoms with Gasteiger partial charge in [0.1, 0.15) is 0 Å². The Morgan fingerprint density at radius 1 is 1.20 bits per heavy atom. The lowest BCUT2D eigenvalue weighted by Crippen LogP contribution is -2.43. The topological polar surface area (TPSA) is 99.9 Å². The number of carbonyl (C=O) groups excluding carboxylic acids is 1. The molecule has 0 aromatic heterocycles. The molecule has 0 fully saturated rings. The minimum atomic E-state index is -0.445. The summed E-state index contributed by atoms with van der Waals surface area (Å²) in [6, 6.07) is 13.5. The third kappa shape index (κ3) is 7.79. The molecule has 0 saturated heterocycles. The van der Waals surface area contributed by atoms with Crippen LogP contribution in [0.1, 0.15) is 24.1 Å². The first-order valence-electron chi connectivity index (χ1n) is 9.00. The van der Waals surface area contributed by atoms with Crippen LogP contribution in [-0.2, 0) is 11.3 Å². The van der Waals surface area contributed by atoms with Gasteiger partial charge in [0.25, 0.3) is 5.69 Å². The zero-order valence-electron chi connectivity index (χ0n) is 17.0. The van der Waals surface area contributed by atoms with Crippen molar-refractivity contribution in [3.05, 3.63) is 74.8 Å². The van der Waals surface area contributed by atoms with E-state index in [0.29, 0.717) is 17.5 Å². The first-order valence-corrected chi connectivity index (χ1v) is 9.38. The second kappa shape index (κ2) is 12.3. The Bertz CT molecular complexity index is 890. The van der Waals surface area contributed by atoms with Crippen LogP contribution in [0.25, 0.3) is 0 Å². The lowest BCUT2D eigenvalue weighted by molar-refractivity contribution is -0.384. The lowest BCUT2D eigenvalue weighted by atomic mass is 10.1. The van der Waals surface area contributed by atoms with Crippen LogP contribution in [-0.4, -0.2) is 42.3 Å². The number of likely N-dealkylation sites (N-methyl/N-ethyl adjacent to an activating group) is 1.